The zero-order valence-corrected chi connectivity index (χ0v) is 15.8. The molecule has 0 aromatic heterocycles. The van der Waals surface area contributed by atoms with Crippen LogP contribution in [-0.2, 0) is 0 Å². The maximum atomic E-state index is 13.3. The minimum atomic E-state index is -0.426. The van der Waals surface area contributed by atoms with E-state index in [0.29, 0.717) is 24.2 Å². The summed E-state index contributed by atoms with van der Waals surface area (Å²) in [4.78, 5) is 13.3. The molecular weight excluding hydrogens is 334 g/mol. The van der Waals surface area contributed by atoms with E-state index in [1.54, 1.807) is 0 Å². The number of carbonyl (C=O) groups excluding carboxylic acids is 1. The molecule has 3 nitrogen and oxygen atoms in total. The predicted molar refractivity (Wildman–Crippen MR) is 106 cm³/mol. The molecule has 1 unspecified atom stereocenters. The molecular formula is C24H25NO2. The Labute approximate surface area is 161 Å². The molecule has 1 atom stereocenters. The maximum absolute atomic E-state index is 13.3. The Kier molecular flexibility index (Phi) is 4.74. The van der Waals surface area contributed by atoms with E-state index in [1.807, 2.05) is 18.2 Å². The lowest BCUT2D eigenvalue weighted by Crippen LogP contribution is -2.51. The van der Waals surface area contributed by atoms with Crippen LogP contribution < -0.4 is 4.74 Å². The quantitative estimate of drug-likeness (QED) is 0.689. The number of ketones is 1. The number of hydrogen-bond acceptors (Lipinski definition) is 3. The number of nitrogens with zero attached hydrogens (tertiary/aromatic N) is 1. The van der Waals surface area contributed by atoms with E-state index in [9.17, 15) is 4.79 Å². The van der Waals surface area contributed by atoms with Crippen molar-refractivity contribution < 1.29 is 9.53 Å². The Morgan fingerprint density at radius 2 is 1.89 bits per heavy atom. The van der Waals surface area contributed by atoms with Crippen molar-refractivity contribution in [2.75, 3.05) is 0 Å². The third-order valence-corrected chi connectivity index (χ3v) is 6.11. The van der Waals surface area contributed by atoms with Crippen LogP contribution in [0.1, 0.15) is 60.9 Å². The smallest absolute Gasteiger partial charge is 0.173 e. The van der Waals surface area contributed by atoms with Crippen LogP contribution in [0.25, 0.3) is 11.1 Å². The van der Waals surface area contributed by atoms with Gasteiger partial charge < -0.3 is 4.74 Å². The minimum absolute atomic E-state index is 0.157. The number of fused-ring (bicyclic) bond motifs is 1. The van der Waals surface area contributed by atoms with Gasteiger partial charge in [-0.2, -0.15) is 5.26 Å². The summed E-state index contributed by atoms with van der Waals surface area (Å²) in [6, 6.07) is 16.5. The fraction of sp³-hybridized carbons (Fsp3) is 0.417. The summed E-state index contributed by atoms with van der Waals surface area (Å²) < 4.78 is 6.60. The second-order valence-electron chi connectivity index (χ2n) is 7.92. The number of aryl methyl sites for hydroxylation is 1. The van der Waals surface area contributed by atoms with Gasteiger partial charge in [0.15, 0.2) is 5.78 Å². The van der Waals surface area contributed by atoms with Crippen molar-refractivity contribution in [3.63, 3.8) is 0 Å². The molecule has 3 heteroatoms. The average molecular weight is 359 g/mol. The van der Waals surface area contributed by atoms with Gasteiger partial charge in [-0.25, -0.2) is 0 Å². The summed E-state index contributed by atoms with van der Waals surface area (Å²) in [6.45, 7) is 2.08. The standard InChI is InChI=1S/C24H25NO2/c1-17-7-5-8-18(15-17)19-10-11-20-22(16-19)27-24(12-3-2-4-13-24)21(23(20)26)9-6-14-25/h5,7-8,10-11,15-16,21H,2-4,6,9,12-13H2,1H3. The Balaban J connectivity index is 1.75. The number of carbonyl (C=O) groups is 1. The average Bonchev–Trinajstić information content (AvgIpc) is 2.68. The van der Waals surface area contributed by atoms with Crippen LogP contribution in [-0.4, -0.2) is 11.4 Å². The molecule has 0 N–H and O–H groups in total. The highest BCUT2D eigenvalue weighted by Gasteiger charge is 2.49. The van der Waals surface area contributed by atoms with Crippen LogP contribution in [0.5, 0.6) is 5.75 Å². The molecule has 1 heterocycles. The molecule has 2 aromatic rings. The number of hydrogen-bond donors (Lipinski definition) is 0. The van der Waals surface area contributed by atoms with Gasteiger partial charge >= 0.3 is 0 Å². The van der Waals surface area contributed by atoms with Crippen molar-refractivity contribution in [3.8, 4) is 22.9 Å². The van der Waals surface area contributed by atoms with E-state index in [4.69, 9.17) is 10.00 Å². The molecule has 1 aliphatic carbocycles. The van der Waals surface area contributed by atoms with Gasteiger partial charge in [-0.15, -0.1) is 0 Å². The van der Waals surface area contributed by atoms with Crippen molar-refractivity contribution >= 4 is 5.78 Å². The van der Waals surface area contributed by atoms with Crippen LogP contribution in [0, 0.1) is 24.2 Å². The highest BCUT2D eigenvalue weighted by molar-refractivity contribution is 6.02. The van der Waals surface area contributed by atoms with E-state index >= 15 is 0 Å². The van der Waals surface area contributed by atoms with E-state index in [-0.39, 0.29) is 11.7 Å². The van der Waals surface area contributed by atoms with Gasteiger partial charge in [0, 0.05) is 6.42 Å². The first kappa shape index (κ1) is 17.8. The number of rotatable bonds is 3. The first-order valence-corrected chi connectivity index (χ1v) is 9.94. The third-order valence-electron chi connectivity index (χ3n) is 6.11. The first-order valence-electron chi connectivity index (χ1n) is 9.94. The zero-order chi connectivity index (χ0) is 18.9. The number of nitriles is 1. The molecule has 0 bridgehead atoms. The Morgan fingerprint density at radius 3 is 2.63 bits per heavy atom. The topological polar surface area (TPSA) is 50.1 Å². The lowest BCUT2D eigenvalue weighted by atomic mass is 9.69. The van der Waals surface area contributed by atoms with Crippen LogP contribution in [0.3, 0.4) is 0 Å². The molecule has 2 aromatic carbocycles. The molecule has 1 spiro atoms. The van der Waals surface area contributed by atoms with Crippen molar-refractivity contribution in [2.24, 2.45) is 5.92 Å². The van der Waals surface area contributed by atoms with E-state index in [1.165, 1.54) is 12.0 Å². The lowest BCUT2D eigenvalue weighted by Gasteiger charge is -2.46. The van der Waals surface area contributed by atoms with Gasteiger partial charge in [0.2, 0.25) is 0 Å². The monoisotopic (exact) mass is 359 g/mol. The summed E-state index contributed by atoms with van der Waals surface area (Å²) >= 11 is 0. The Hall–Kier alpha value is -2.60. The lowest BCUT2D eigenvalue weighted by molar-refractivity contribution is -0.0278. The van der Waals surface area contributed by atoms with Gasteiger partial charge in [0.25, 0.3) is 0 Å². The van der Waals surface area contributed by atoms with E-state index < -0.39 is 5.60 Å². The second-order valence-corrected chi connectivity index (χ2v) is 7.92. The van der Waals surface area contributed by atoms with Gasteiger partial charge in [-0.3, -0.25) is 4.79 Å². The molecule has 27 heavy (non-hydrogen) atoms. The van der Waals surface area contributed by atoms with Crippen molar-refractivity contribution in [1.82, 2.24) is 0 Å². The predicted octanol–water partition coefficient (Wildman–Crippen LogP) is 5.86. The van der Waals surface area contributed by atoms with Crippen molar-refractivity contribution in [3.05, 3.63) is 53.6 Å². The molecule has 2 aliphatic rings. The first-order chi connectivity index (χ1) is 13.1. The van der Waals surface area contributed by atoms with E-state index in [0.717, 1.165) is 36.8 Å². The van der Waals surface area contributed by atoms with Gasteiger partial charge in [0.05, 0.1) is 17.6 Å². The summed E-state index contributed by atoms with van der Waals surface area (Å²) in [5.41, 5.74) is 3.67. The normalized spacial score (nSPS) is 20.6. The molecule has 0 radical (unpaired) electrons. The van der Waals surface area contributed by atoms with Crippen LogP contribution in [0.15, 0.2) is 42.5 Å². The fourth-order valence-corrected chi connectivity index (χ4v) is 4.74. The van der Waals surface area contributed by atoms with Crippen molar-refractivity contribution in [2.45, 2.75) is 57.5 Å². The molecule has 1 fully saturated rings. The Morgan fingerprint density at radius 1 is 1.11 bits per heavy atom. The summed E-state index contributed by atoms with van der Waals surface area (Å²) in [5.74, 6) is 0.674. The van der Waals surface area contributed by atoms with Crippen LogP contribution >= 0.6 is 0 Å². The van der Waals surface area contributed by atoms with Gasteiger partial charge in [-0.1, -0.05) is 42.3 Å². The highest BCUT2D eigenvalue weighted by Crippen LogP contribution is 2.47. The summed E-state index contributed by atoms with van der Waals surface area (Å²) in [7, 11) is 0. The van der Waals surface area contributed by atoms with Gasteiger partial charge in [0.1, 0.15) is 11.4 Å². The summed E-state index contributed by atoms with van der Waals surface area (Å²) in [5, 5.41) is 9.05. The molecule has 1 aliphatic heterocycles. The largest absolute Gasteiger partial charge is 0.486 e. The maximum Gasteiger partial charge on any atom is 0.173 e. The van der Waals surface area contributed by atoms with Crippen molar-refractivity contribution in [1.29, 1.82) is 5.26 Å². The summed E-state index contributed by atoms with van der Waals surface area (Å²) in [6.07, 6.45) is 6.17. The Bertz CT molecular complexity index is 903. The van der Waals surface area contributed by atoms with E-state index in [2.05, 4.69) is 37.3 Å². The SMILES string of the molecule is Cc1cccc(-c2ccc3c(c2)OC2(CCCCC2)C(CCC#N)C3=O)c1. The highest BCUT2D eigenvalue weighted by atomic mass is 16.5. The van der Waals surface area contributed by atoms with Gasteiger partial charge in [-0.05, 0) is 62.3 Å². The van der Waals surface area contributed by atoms with Crippen LogP contribution in [0.4, 0.5) is 0 Å². The molecule has 1 saturated carbocycles. The van der Waals surface area contributed by atoms with Crippen LogP contribution in [0.2, 0.25) is 0 Å². The minimum Gasteiger partial charge on any atom is -0.486 e. The molecule has 0 amide bonds. The number of ether oxygens (including phenoxy) is 1. The molecule has 138 valence electrons. The molecule has 4 rings (SSSR count). The molecule has 0 saturated heterocycles. The zero-order valence-electron chi connectivity index (χ0n) is 15.8. The fourth-order valence-electron chi connectivity index (χ4n) is 4.74. The third kappa shape index (κ3) is 3.25. The second kappa shape index (κ2) is 7.19. The number of Topliss-reactive ketones (excluding diaryl/α,β-unsaturated/α-hetero) is 1. The number of benzene rings is 2.